The number of nitro benzene ring substituents is 1. The van der Waals surface area contributed by atoms with Crippen molar-refractivity contribution in [2.45, 2.75) is 6.92 Å². The molecule has 3 aromatic carbocycles. The highest BCUT2D eigenvalue weighted by atomic mass is 32.1. The number of ether oxygens (including phenoxy) is 1. The first-order valence-corrected chi connectivity index (χ1v) is 10.0. The summed E-state index contributed by atoms with van der Waals surface area (Å²) in [5.41, 5.74) is 2.52. The highest BCUT2D eigenvalue weighted by Crippen LogP contribution is 2.35. The summed E-state index contributed by atoms with van der Waals surface area (Å²) in [7, 11) is 0. The predicted molar refractivity (Wildman–Crippen MR) is 118 cm³/mol. The molecule has 0 unspecified atom stereocenters. The normalized spacial score (nSPS) is 11.2. The second kappa shape index (κ2) is 8.30. The summed E-state index contributed by atoms with van der Waals surface area (Å²) in [6, 6.07) is 17.9. The van der Waals surface area contributed by atoms with Crippen LogP contribution in [0.4, 0.5) is 11.4 Å². The standard InChI is InChI=1S/C22H17N3O4S/c1-2-29-19-12-17(25(27)28)11-15(21(19)26)13-23-16-7-5-6-14(10-16)22-24-18-8-3-4-9-20(18)30-22/h3-13,26H,2H2,1H3. The van der Waals surface area contributed by atoms with Crippen molar-refractivity contribution in [3.05, 3.63) is 76.3 Å². The Bertz CT molecular complexity index is 1230. The average Bonchev–Trinajstić information content (AvgIpc) is 3.19. The maximum Gasteiger partial charge on any atom is 0.274 e. The van der Waals surface area contributed by atoms with Crippen LogP contribution in [-0.4, -0.2) is 27.8 Å². The molecule has 0 aliphatic rings. The first kappa shape index (κ1) is 19.5. The van der Waals surface area contributed by atoms with Gasteiger partial charge in [0.2, 0.25) is 0 Å². The number of fused-ring (bicyclic) bond motifs is 1. The third-order valence-electron chi connectivity index (χ3n) is 4.34. The van der Waals surface area contributed by atoms with E-state index in [2.05, 4.69) is 9.98 Å². The van der Waals surface area contributed by atoms with Gasteiger partial charge in [0.05, 0.1) is 33.5 Å². The zero-order chi connectivity index (χ0) is 21.1. The maximum absolute atomic E-state index is 11.2. The number of aromatic hydroxyl groups is 1. The molecule has 0 spiro atoms. The lowest BCUT2D eigenvalue weighted by Crippen LogP contribution is -1.97. The third kappa shape index (κ3) is 3.99. The molecule has 0 saturated carbocycles. The summed E-state index contributed by atoms with van der Waals surface area (Å²) in [6.07, 6.45) is 1.39. The van der Waals surface area contributed by atoms with Gasteiger partial charge in [-0.05, 0) is 31.2 Å². The molecule has 4 rings (SSSR count). The van der Waals surface area contributed by atoms with Crippen molar-refractivity contribution in [3.63, 3.8) is 0 Å². The van der Waals surface area contributed by atoms with Crippen LogP contribution >= 0.6 is 11.3 Å². The summed E-state index contributed by atoms with van der Waals surface area (Å²) in [4.78, 5) is 19.7. The lowest BCUT2D eigenvalue weighted by Gasteiger charge is -2.08. The van der Waals surface area contributed by atoms with Gasteiger partial charge in [-0.15, -0.1) is 11.3 Å². The van der Waals surface area contributed by atoms with Crippen molar-refractivity contribution in [2.24, 2.45) is 4.99 Å². The summed E-state index contributed by atoms with van der Waals surface area (Å²) in [5.74, 6) is -0.134. The summed E-state index contributed by atoms with van der Waals surface area (Å²) in [5, 5.41) is 22.4. The number of aromatic nitrogens is 1. The van der Waals surface area contributed by atoms with Crippen molar-refractivity contribution in [1.29, 1.82) is 0 Å². The maximum atomic E-state index is 11.2. The molecule has 0 fully saturated rings. The fourth-order valence-electron chi connectivity index (χ4n) is 2.94. The van der Waals surface area contributed by atoms with Crippen LogP contribution in [-0.2, 0) is 0 Å². The lowest BCUT2D eigenvalue weighted by atomic mass is 10.1. The molecule has 150 valence electrons. The number of aliphatic imine (C=N–C) groups is 1. The number of nitro groups is 1. The van der Waals surface area contributed by atoms with Gasteiger partial charge in [0.1, 0.15) is 5.01 Å². The van der Waals surface area contributed by atoms with Crippen molar-refractivity contribution in [3.8, 4) is 22.1 Å². The van der Waals surface area contributed by atoms with Crippen LogP contribution in [0, 0.1) is 10.1 Å². The van der Waals surface area contributed by atoms with E-state index in [4.69, 9.17) is 4.74 Å². The van der Waals surface area contributed by atoms with Crippen molar-refractivity contribution < 1.29 is 14.8 Å². The van der Waals surface area contributed by atoms with E-state index in [1.54, 1.807) is 18.3 Å². The number of thiazole rings is 1. The summed E-state index contributed by atoms with van der Waals surface area (Å²) >= 11 is 1.59. The van der Waals surface area contributed by atoms with Crippen LogP contribution in [0.5, 0.6) is 11.5 Å². The zero-order valence-electron chi connectivity index (χ0n) is 16.0. The summed E-state index contributed by atoms with van der Waals surface area (Å²) < 4.78 is 6.41. The van der Waals surface area contributed by atoms with Gasteiger partial charge < -0.3 is 9.84 Å². The van der Waals surface area contributed by atoms with Gasteiger partial charge in [-0.25, -0.2) is 4.98 Å². The summed E-state index contributed by atoms with van der Waals surface area (Å²) in [6.45, 7) is 2.01. The minimum absolute atomic E-state index is 0.0522. The van der Waals surface area contributed by atoms with E-state index in [1.807, 2.05) is 48.5 Å². The average molecular weight is 419 g/mol. The number of non-ortho nitro benzene ring substituents is 1. The van der Waals surface area contributed by atoms with E-state index in [0.717, 1.165) is 20.8 Å². The lowest BCUT2D eigenvalue weighted by molar-refractivity contribution is -0.385. The molecular weight excluding hydrogens is 402 g/mol. The van der Waals surface area contributed by atoms with Gasteiger partial charge in [-0.2, -0.15) is 0 Å². The molecule has 30 heavy (non-hydrogen) atoms. The zero-order valence-corrected chi connectivity index (χ0v) is 16.8. The topological polar surface area (TPSA) is 97.9 Å². The van der Waals surface area contributed by atoms with Crippen molar-refractivity contribution in [2.75, 3.05) is 6.61 Å². The molecule has 0 bridgehead atoms. The highest BCUT2D eigenvalue weighted by Gasteiger charge is 2.16. The fraction of sp³-hybridized carbons (Fsp3) is 0.0909. The molecule has 4 aromatic rings. The second-order valence-electron chi connectivity index (χ2n) is 6.37. The minimum Gasteiger partial charge on any atom is -0.504 e. The van der Waals surface area contributed by atoms with Crippen LogP contribution in [0.15, 0.2) is 65.7 Å². The Labute approximate surface area is 176 Å². The molecule has 7 nitrogen and oxygen atoms in total. The van der Waals surface area contributed by atoms with E-state index < -0.39 is 4.92 Å². The number of hydrogen-bond acceptors (Lipinski definition) is 7. The second-order valence-corrected chi connectivity index (χ2v) is 7.40. The van der Waals surface area contributed by atoms with Gasteiger partial charge in [-0.3, -0.25) is 15.1 Å². The smallest absolute Gasteiger partial charge is 0.274 e. The van der Waals surface area contributed by atoms with Crippen LogP contribution in [0.3, 0.4) is 0 Å². The Kier molecular flexibility index (Phi) is 5.40. The number of nitrogens with zero attached hydrogens (tertiary/aromatic N) is 3. The van der Waals surface area contributed by atoms with E-state index in [9.17, 15) is 15.2 Å². The quantitative estimate of drug-likeness (QED) is 0.245. The number of phenolic OH excluding ortho intramolecular Hbond substituents is 1. The number of rotatable bonds is 6. The van der Waals surface area contributed by atoms with Gasteiger partial charge >= 0.3 is 0 Å². The van der Waals surface area contributed by atoms with Gasteiger partial charge in [0.25, 0.3) is 5.69 Å². The molecule has 1 heterocycles. The highest BCUT2D eigenvalue weighted by molar-refractivity contribution is 7.21. The Morgan fingerprint density at radius 2 is 2.03 bits per heavy atom. The molecule has 0 radical (unpaired) electrons. The first-order valence-electron chi connectivity index (χ1n) is 9.19. The van der Waals surface area contributed by atoms with Crippen LogP contribution in [0.1, 0.15) is 12.5 Å². The van der Waals surface area contributed by atoms with Gasteiger partial charge in [-0.1, -0.05) is 24.3 Å². The first-order chi connectivity index (χ1) is 14.5. The van der Waals surface area contributed by atoms with E-state index in [0.29, 0.717) is 5.69 Å². The molecule has 0 atom stereocenters. The van der Waals surface area contributed by atoms with E-state index in [-0.39, 0.29) is 29.4 Å². The van der Waals surface area contributed by atoms with Crippen LogP contribution in [0.2, 0.25) is 0 Å². The molecular formula is C22H17N3O4S. The van der Waals surface area contributed by atoms with E-state index in [1.165, 1.54) is 18.3 Å². The Morgan fingerprint density at radius 3 is 2.80 bits per heavy atom. The fourth-order valence-corrected chi connectivity index (χ4v) is 3.90. The predicted octanol–water partition coefficient (Wildman–Crippen LogP) is 5.73. The third-order valence-corrected chi connectivity index (χ3v) is 5.43. The number of para-hydroxylation sites is 1. The molecule has 0 aliphatic carbocycles. The number of benzene rings is 3. The molecule has 1 N–H and O–H groups in total. The minimum atomic E-state index is -0.535. The van der Waals surface area contributed by atoms with Gasteiger partial charge in [0, 0.05) is 23.4 Å². The van der Waals surface area contributed by atoms with E-state index >= 15 is 0 Å². The Morgan fingerprint density at radius 1 is 1.20 bits per heavy atom. The Balaban J connectivity index is 1.68. The molecule has 0 saturated heterocycles. The van der Waals surface area contributed by atoms with Crippen LogP contribution in [0.25, 0.3) is 20.8 Å². The Hall–Kier alpha value is -3.78. The molecule has 1 aromatic heterocycles. The van der Waals surface area contributed by atoms with Gasteiger partial charge in [0.15, 0.2) is 11.5 Å². The monoisotopic (exact) mass is 419 g/mol. The van der Waals surface area contributed by atoms with Crippen molar-refractivity contribution in [1.82, 2.24) is 4.98 Å². The SMILES string of the molecule is CCOc1cc([N+](=O)[O-])cc(C=Nc2cccc(-c3nc4ccccc4s3)c2)c1O. The molecule has 0 amide bonds. The van der Waals surface area contributed by atoms with Crippen LogP contribution < -0.4 is 4.74 Å². The molecule has 8 heteroatoms. The van der Waals surface area contributed by atoms with Crippen molar-refractivity contribution >= 4 is 39.1 Å². The largest absolute Gasteiger partial charge is 0.504 e. The number of phenols is 1. The molecule has 0 aliphatic heterocycles. The number of hydrogen-bond donors (Lipinski definition) is 1.